The lowest BCUT2D eigenvalue weighted by Gasteiger charge is -2.06. The summed E-state index contributed by atoms with van der Waals surface area (Å²) in [7, 11) is 0. The molecule has 1 amide bonds. The Labute approximate surface area is 81.2 Å². The van der Waals surface area contributed by atoms with Crippen molar-refractivity contribution in [3.05, 3.63) is 11.1 Å². The van der Waals surface area contributed by atoms with Crippen molar-refractivity contribution in [3.8, 4) is 0 Å². The van der Waals surface area contributed by atoms with Gasteiger partial charge in [0.15, 0.2) is 5.13 Å². The van der Waals surface area contributed by atoms with E-state index >= 15 is 0 Å². The van der Waals surface area contributed by atoms with Crippen LogP contribution in [0.25, 0.3) is 0 Å². The standard InChI is InChI=1S/C8H13N3OS/c1-3-6(9)7(12)11-8-10-4-5(2)13-8/h4,6H,3,9H2,1-2H3,(H,10,11,12). The highest BCUT2D eigenvalue weighted by molar-refractivity contribution is 7.15. The van der Waals surface area contributed by atoms with E-state index in [-0.39, 0.29) is 5.91 Å². The molecule has 0 spiro atoms. The second-order valence-electron chi connectivity index (χ2n) is 2.78. The van der Waals surface area contributed by atoms with E-state index in [1.54, 1.807) is 6.20 Å². The van der Waals surface area contributed by atoms with Crippen LogP contribution in [0.1, 0.15) is 18.2 Å². The van der Waals surface area contributed by atoms with Gasteiger partial charge in [-0.3, -0.25) is 4.79 Å². The molecule has 0 radical (unpaired) electrons. The molecule has 0 saturated carbocycles. The van der Waals surface area contributed by atoms with Gasteiger partial charge in [-0.2, -0.15) is 0 Å². The molecule has 1 atom stereocenters. The molecule has 0 fully saturated rings. The molecule has 1 heterocycles. The first-order valence-corrected chi connectivity index (χ1v) is 4.94. The van der Waals surface area contributed by atoms with Crippen LogP contribution in [0.3, 0.4) is 0 Å². The number of aromatic nitrogens is 1. The lowest BCUT2D eigenvalue weighted by Crippen LogP contribution is -2.34. The van der Waals surface area contributed by atoms with E-state index in [0.29, 0.717) is 11.6 Å². The van der Waals surface area contributed by atoms with Gasteiger partial charge in [0.1, 0.15) is 0 Å². The highest BCUT2D eigenvalue weighted by Gasteiger charge is 2.11. The van der Waals surface area contributed by atoms with E-state index in [1.165, 1.54) is 11.3 Å². The highest BCUT2D eigenvalue weighted by Crippen LogP contribution is 2.16. The second-order valence-corrected chi connectivity index (χ2v) is 4.01. The maximum atomic E-state index is 11.3. The average Bonchev–Trinajstić information content (AvgIpc) is 2.49. The number of rotatable bonds is 3. The molecule has 1 aromatic rings. The predicted molar refractivity (Wildman–Crippen MR) is 53.7 cm³/mol. The topological polar surface area (TPSA) is 68.0 Å². The summed E-state index contributed by atoms with van der Waals surface area (Å²) in [5.41, 5.74) is 5.54. The third kappa shape index (κ3) is 2.78. The van der Waals surface area contributed by atoms with E-state index in [0.717, 1.165) is 4.88 Å². The number of hydrogen-bond donors (Lipinski definition) is 2. The van der Waals surface area contributed by atoms with Gasteiger partial charge in [0.05, 0.1) is 6.04 Å². The van der Waals surface area contributed by atoms with Crippen LogP contribution in [-0.2, 0) is 4.79 Å². The molecule has 1 aromatic heterocycles. The monoisotopic (exact) mass is 199 g/mol. The van der Waals surface area contributed by atoms with Gasteiger partial charge in [-0.05, 0) is 13.3 Å². The van der Waals surface area contributed by atoms with Crippen molar-refractivity contribution < 1.29 is 4.79 Å². The first-order chi connectivity index (χ1) is 6.13. The van der Waals surface area contributed by atoms with Crippen LogP contribution in [0.2, 0.25) is 0 Å². The number of amides is 1. The molecular formula is C8H13N3OS. The highest BCUT2D eigenvalue weighted by atomic mass is 32.1. The van der Waals surface area contributed by atoms with Gasteiger partial charge in [-0.15, -0.1) is 11.3 Å². The molecule has 0 aliphatic carbocycles. The zero-order valence-electron chi connectivity index (χ0n) is 7.70. The van der Waals surface area contributed by atoms with E-state index in [2.05, 4.69) is 10.3 Å². The molecule has 13 heavy (non-hydrogen) atoms. The van der Waals surface area contributed by atoms with Crippen LogP contribution >= 0.6 is 11.3 Å². The van der Waals surface area contributed by atoms with Gasteiger partial charge in [0.2, 0.25) is 5.91 Å². The lowest BCUT2D eigenvalue weighted by atomic mass is 10.2. The summed E-state index contributed by atoms with van der Waals surface area (Å²) in [6.07, 6.45) is 2.36. The Hall–Kier alpha value is -0.940. The molecule has 3 N–H and O–H groups in total. The summed E-state index contributed by atoms with van der Waals surface area (Å²) in [5, 5.41) is 3.27. The van der Waals surface area contributed by atoms with Crippen LogP contribution in [-0.4, -0.2) is 16.9 Å². The minimum absolute atomic E-state index is 0.170. The van der Waals surface area contributed by atoms with Crippen molar-refractivity contribution in [2.75, 3.05) is 5.32 Å². The van der Waals surface area contributed by atoms with Crippen LogP contribution in [0, 0.1) is 6.92 Å². The van der Waals surface area contributed by atoms with Crippen molar-refractivity contribution >= 4 is 22.4 Å². The zero-order valence-corrected chi connectivity index (χ0v) is 8.52. The number of hydrogen-bond acceptors (Lipinski definition) is 4. The summed E-state index contributed by atoms with van der Waals surface area (Å²) < 4.78 is 0. The second kappa shape index (κ2) is 4.34. The zero-order chi connectivity index (χ0) is 9.84. The molecule has 1 unspecified atom stereocenters. The predicted octanol–water partition coefficient (Wildman–Crippen LogP) is 1.13. The van der Waals surface area contributed by atoms with Crippen molar-refractivity contribution in [1.82, 2.24) is 4.98 Å². The van der Waals surface area contributed by atoms with Crippen LogP contribution in [0.5, 0.6) is 0 Å². The average molecular weight is 199 g/mol. The normalized spacial score (nSPS) is 12.5. The molecule has 0 aliphatic heterocycles. The minimum Gasteiger partial charge on any atom is -0.320 e. The van der Waals surface area contributed by atoms with Crippen LogP contribution in [0.15, 0.2) is 6.20 Å². The van der Waals surface area contributed by atoms with Crippen molar-refractivity contribution in [2.45, 2.75) is 26.3 Å². The number of nitrogens with two attached hydrogens (primary N) is 1. The molecule has 5 heteroatoms. The number of anilines is 1. The molecule has 1 rings (SSSR count). The fourth-order valence-corrected chi connectivity index (χ4v) is 1.46. The molecule has 0 saturated heterocycles. The third-order valence-corrected chi connectivity index (χ3v) is 2.46. The number of nitrogens with zero attached hydrogens (tertiary/aromatic N) is 1. The first kappa shape index (κ1) is 10.1. The number of nitrogens with one attached hydrogen (secondary N) is 1. The number of aryl methyl sites for hydroxylation is 1. The van der Waals surface area contributed by atoms with Gasteiger partial charge >= 0.3 is 0 Å². The maximum absolute atomic E-state index is 11.3. The quantitative estimate of drug-likeness (QED) is 0.766. The number of thiazole rings is 1. The Morgan fingerprint density at radius 2 is 2.54 bits per heavy atom. The van der Waals surface area contributed by atoms with E-state index < -0.39 is 6.04 Å². The minimum atomic E-state index is -0.441. The van der Waals surface area contributed by atoms with E-state index in [9.17, 15) is 4.79 Å². The van der Waals surface area contributed by atoms with Crippen LogP contribution in [0.4, 0.5) is 5.13 Å². The van der Waals surface area contributed by atoms with Gasteiger partial charge in [-0.1, -0.05) is 6.92 Å². The fraction of sp³-hybridized carbons (Fsp3) is 0.500. The summed E-state index contributed by atoms with van der Waals surface area (Å²) in [6.45, 7) is 3.81. The molecule has 0 aliphatic rings. The molecule has 0 bridgehead atoms. The Kier molecular flexibility index (Phi) is 3.39. The van der Waals surface area contributed by atoms with Crippen molar-refractivity contribution in [2.24, 2.45) is 5.73 Å². The molecule has 4 nitrogen and oxygen atoms in total. The largest absolute Gasteiger partial charge is 0.320 e. The van der Waals surface area contributed by atoms with E-state index in [1.807, 2.05) is 13.8 Å². The molecular weight excluding hydrogens is 186 g/mol. The number of carbonyl (C=O) groups is 1. The van der Waals surface area contributed by atoms with Gasteiger partial charge in [0.25, 0.3) is 0 Å². The maximum Gasteiger partial charge on any atom is 0.243 e. The first-order valence-electron chi connectivity index (χ1n) is 4.12. The lowest BCUT2D eigenvalue weighted by molar-refractivity contribution is -0.117. The smallest absolute Gasteiger partial charge is 0.243 e. The third-order valence-electron chi connectivity index (χ3n) is 1.63. The van der Waals surface area contributed by atoms with Gasteiger partial charge < -0.3 is 11.1 Å². The number of carbonyl (C=O) groups excluding carboxylic acids is 1. The molecule has 72 valence electrons. The Balaban J connectivity index is 2.54. The van der Waals surface area contributed by atoms with Crippen molar-refractivity contribution in [3.63, 3.8) is 0 Å². The Morgan fingerprint density at radius 1 is 1.85 bits per heavy atom. The Bertz CT molecular complexity index is 297. The summed E-state index contributed by atoms with van der Waals surface area (Å²) >= 11 is 1.45. The van der Waals surface area contributed by atoms with Crippen LogP contribution < -0.4 is 11.1 Å². The van der Waals surface area contributed by atoms with Gasteiger partial charge in [-0.25, -0.2) is 4.98 Å². The summed E-state index contributed by atoms with van der Waals surface area (Å²) in [4.78, 5) is 16.4. The van der Waals surface area contributed by atoms with Crippen molar-refractivity contribution in [1.29, 1.82) is 0 Å². The summed E-state index contributed by atoms with van der Waals surface area (Å²) in [6, 6.07) is -0.441. The summed E-state index contributed by atoms with van der Waals surface area (Å²) in [5.74, 6) is -0.170. The fourth-order valence-electron chi connectivity index (χ4n) is 0.796. The van der Waals surface area contributed by atoms with Gasteiger partial charge in [0, 0.05) is 11.1 Å². The Morgan fingerprint density at radius 3 is 3.00 bits per heavy atom. The SMILES string of the molecule is CCC(N)C(=O)Nc1ncc(C)s1. The van der Waals surface area contributed by atoms with E-state index in [4.69, 9.17) is 5.73 Å². The molecule has 0 aromatic carbocycles.